The van der Waals surface area contributed by atoms with Gasteiger partial charge in [-0.05, 0) is 18.2 Å². The first-order valence-electron chi connectivity index (χ1n) is 5.64. The number of carboxylic acid groups (broad SMARTS) is 1. The molecule has 0 radical (unpaired) electrons. The zero-order valence-electron chi connectivity index (χ0n) is 9.85. The molecule has 1 aliphatic rings. The number of aliphatic carboxylic acids is 1. The first kappa shape index (κ1) is 13.2. The number of aliphatic hydroxyl groups excluding tert-OH is 1. The van der Waals surface area contributed by atoms with Crippen LogP contribution in [0.2, 0.25) is 0 Å². The molecule has 1 aliphatic heterocycles. The van der Waals surface area contributed by atoms with Crippen molar-refractivity contribution >= 4 is 11.9 Å². The van der Waals surface area contributed by atoms with Crippen LogP contribution in [0.5, 0.6) is 11.5 Å². The number of carbonyl (C=O) groups is 2. The van der Waals surface area contributed by atoms with Gasteiger partial charge in [-0.2, -0.15) is 0 Å². The molecular weight excluding hydrogens is 254 g/mol. The number of phenols is 2. The minimum atomic E-state index is -1.19. The lowest BCUT2D eigenvalue weighted by molar-refractivity contribution is -0.141. The van der Waals surface area contributed by atoms with Crippen LogP contribution in [0.3, 0.4) is 0 Å². The van der Waals surface area contributed by atoms with Gasteiger partial charge in [-0.25, -0.2) is 4.79 Å². The topological polar surface area (TPSA) is 118 Å². The average molecular weight is 267 g/mol. The van der Waals surface area contributed by atoms with Crippen LogP contribution in [0.4, 0.5) is 0 Å². The van der Waals surface area contributed by atoms with Gasteiger partial charge >= 0.3 is 5.97 Å². The van der Waals surface area contributed by atoms with Crippen molar-refractivity contribution in [2.24, 2.45) is 0 Å². The highest BCUT2D eigenvalue weighted by molar-refractivity contribution is 5.97. The molecule has 0 spiro atoms. The highest BCUT2D eigenvalue weighted by atomic mass is 16.4. The Hall–Kier alpha value is -2.28. The van der Waals surface area contributed by atoms with Gasteiger partial charge in [-0.3, -0.25) is 4.79 Å². The lowest BCUT2D eigenvalue weighted by Gasteiger charge is -2.21. The van der Waals surface area contributed by atoms with E-state index in [1.54, 1.807) is 0 Å². The minimum Gasteiger partial charge on any atom is -0.504 e. The van der Waals surface area contributed by atoms with Gasteiger partial charge in [0.25, 0.3) is 5.91 Å². The number of likely N-dealkylation sites (tertiary alicyclic amines) is 1. The quantitative estimate of drug-likeness (QED) is 0.549. The number of rotatable bonds is 2. The molecule has 1 fully saturated rings. The number of hydrogen-bond acceptors (Lipinski definition) is 5. The number of carbonyl (C=O) groups excluding carboxylic acids is 1. The molecule has 2 rings (SSSR count). The Bertz CT molecular complexity index is 529. The summed E-state index contributed by atoms with van der Waals surface area (Å²) in [6.45, 7) is -0.0720. The van der Waals surface area contributed by atoms with Crippen LogP contribution in [0.15, 0.2) is 18.2 Å². The molecular formula is C12H13NO6. The SMILES string of the molecule is O=C(O)[C@@H]1C[C@@H](O)CN1C(=O)c1ccc(O)c(O)c1. The Labute approximate surface area is 108 Å². The fourth-order valence-corrected chi connectivity index (χ4v) is 2.09. The Balaban J connectivity index is 2.27. The monoisotopic (exact) mass is 267 g/mol. The van der Waals surface area contributed by atoms with Crippen LogP contribution in [0.1, 0.15) is 16.8 Å². The number of aromatic hydroxyl groups is 2. The number of benzene rings is 1. The zero-order chi connectivity index (χ0) is 14.2. The normalized spacial score (nSPS) is 22.5. The minimum absolute atomic E-state index is 0.0227. The fraction of sp³-hybridized carbons (Fsp3) is 0.333. The maximum atomic E-state index is 12.1. The van der Waals surface area contributed by atoms with Crippen molar-refractivity contribution in [1.82, 2.24) is 4.90 Å². The maximum absolute atomic E-state index is 12.1. The van der Waals surface area contributed by atoms with Crippen LogP contribution in [0, 0.1) is 0 Å². The Morgan fingerprint density at radius 2 is 1.89 bits per heavy atom. The van der Waals surface area contributed by atoms with Crippen LogP contribution >= 0.6 is 0 Å². The van der Waals surface area contributed by atoms with Crippen molar-refractivity contribution < 1.29 is 30.0 Å². The second kappa shape index (κ2) is 4.77. The van der Waals surface area contributed by atoms with Crippen molar-refractivity contribution in [3.8, 4) is 11.5 Å². The number of carboxylic acids is 1. The number of β-amino-alcohol motifs (C(OH)–C–C–N with tert-alkyl or cyclic N) is 1. The van der Waals surface area contributed by atoms with E-state index in [-0.39, 0.29) is 24.3 Å². The van der Waals surface area contributed by atoms with Crippen LogP contribution in [-0.4, -0.2) is 55.9 Å². The summed E-state index contributed by atoms with van der Waals surface area (Å²) >= 11 is 0. The third-order valence-electron chi connectivity index (χ3n) is 3.05. The van der Waals surface area contributed by atoms with E-state index in [2.05, 4.69) is 0 Å². The largest absolute Gasteiger partial charge is 0.504 e. The van der Waals surface area contributed by atoms with E-state index < -0.39 is 29.8 Å². The smallest absolute Gasteiger partial charge is 0.326 e. The van der Waals surface area contributed by atoms with E-state index >= 15 is 0 Å². The van der Waals surface area contributed by atoms with Crippen molar-refractivity contribution in [1.29, 1.82) is 0 Å². The molecule has 2 atom stereocenters. The molecule has 7 nitrogen and oxygen atoms in total. The molecule has 0 bridgehead atoms. The molecule has 0 aromatic heterocycles. The van der Waals surface area contributed by atoms with E-state index in [1.807, 2.05) is 0 Å². The van der Waals surface area contributed by atoms with Gasteiger partial charge in [0.2, 0.25) is 0 Å². The van der Waals surface area contributed by atoms with Crippen LogP contribution in [0.25, 0.3) is 0 Å². The Morgan fingerprint density at radius 1 is 1.21 bits per heavy atom. The summed E-state index contributed by atoms with van der Waals surface area (Å²) in [6, 6.07) is 2.39. The predicted octanol–water partition coefficient (Wildman–Crippen LogP) is -0.242. The van der Waals surface area contributed by atoms with Crippen LogP contribution in [-0.2, 0) is 4.79 Å². The molecule has 19 heavy (non-hydrogen) atoms. The molecule has 1 aromatic rings. The molecule has 1 heterocycles. The molecule has 0 saturated carbocycles. The van der Waals surface area contributed by atoms with Crippen molar-refractivity contribution in [2.75, 3.05) is 6.54 Å². The molecule has 1 aromatic carbocycles. The third kappa shape index (κ3) is 2.45. The number of aliphatic hydroxyl groups is 1. The third-order valence-corrected chi connectivity index (χ3v) is 3.05. The number of amides is 1. The van der Waals surface area contributed by atoms with Crippen molar-refractivity contribution in [3.63, 3.8) is 0 Å². The first-order chi connectivity index (χ1) is 8.90. The molecule has 1 amide bonds. The summed E-state index contributed by atoms with van der Waals surface area (Å²) in [5.74, 6) is -2.63. The van der Waals surface area contributed by atoms with Gasteiger partial charge in [0.15, 0.2) is 11.5 Å². The van der Waals surface area contributed by atoms with E-state index in [9.17, 15) is 19.8 Å². The van der Waals surface area contributed by atoms with Gasteiger partial charge in [-0.1, -0.05) is 0 Å². The van der Waals surface area contributed by atoms with E-state index in [1.165, 1.54) is 6.07 Å². The zero-order valence-corrected chi connectivity index (χ0v) is 9.85. The van der Waals surface area contributed by atoms with Crippen molar-refractivity contribution in [2.45, 2.75) is 18.6 Å². The maximum Gasteiger partial charge on any atom is 0.326 e. The fourth-order valence-electron chi connectivity index (χ4n) is 2.09. The summed E-state index contributed by atoms with van der Waals surface area (Å²) in [5, 5.41) is 37.0. The molecule has 4 N–H and O–H groups in total. The average Bonchev–Trinajstić information content (AvgIpc) is 2.74. The molecule has 0 unspecified atom stereocenters. The van der Waals surface area contributed by atoms with Gasteiger partial charge in [0.1, 0.15) is 6.04 Å². The van der Waals surface area contributed by atoms with E-state index in [0.29, 0.717) is 0 Å². The lowest BCUT2D eigenvalue weighted by atomic mass is 10.1. The second-order valence-corrected chi connectivity index (χ2v) is 4.40. The number of nitrogens with zero attached hydrogens (tertiary/aromatic N) is 1. The van der Waals surface area contributed by atoms with Gasteiger partial charge in [0, 0.05) is 18.5 Å². The molecule has 102 valence electrons. The summed E-state index contributed by atoms with van der Waals surface area (Å²) in [4.78, 5) is 24.2. The molecule has 0 aliphatic carbocycles. The van der Waals surface area contributed by atoms with Gasteiger partial charge in [0.05, 0.1) is 6.10 Å². The van der Waals surface area contributed by atoms with E-state index in [4.69, 9.17) is 10.2 Å². The second-order valence-electron chi connectivity index (χ2n) is 4.40. The summed E-state index contributed by atoms with van der Waals surface area (Å²) in [6.07, 6.45) is -0.902. The van der Waals surface area contributed by atoms with Gasteiger partial charge < -0.3 is 25.3 Å². The summed E-state index contributed by atoms with van der Waals surface area (Å²) in [5.41, 5.74) is 0.0515. The van der Waals surface area contributed by atoms with E-state index in [0.717, 1.165) is 17.0 Å². The lowest BCUT2D eigenvalue weighted by Crippen LogP contribution is -2.40. The predicted molar refractivity (Wildman–Crippen MR) is 62.9 cm³/mol. The summed E-state index contributed by atoms with van der Waals surface area (Å²) < 4.78 is 0. The molecule has 7 heteroatoms. The Morgan fingerprint density at radius 3 is 2.47 bits per heavy atom. The highest BCUT2D eigenvalue weighted by Crippen LogP contribution is 2.27. The highest BCUT2D eigenvalue weighted by Gasteiger charge is 2.39. The van der Waals surface area contributed by atoms with Crippen LogP contribution < -0.4 is 0 Å². The van der Waals surface area contributed by atoms with Crippen molar-refractivity contribution in [3.05, 3.63) is 23.8 Å². The Kier molecular flexibility index (Phi) is 3.30. The van der Waals surface area contributed by atoms with Gasteiger partial charge in [-0.15, -0.1) is 0 Å². The first-order valence-corrected chi connectivity index (χ1v) is 5.64. The summed E-state index contributed by atoms with van der Waals surface area (Å²) in [7, 11) is 0. The standard InChI is InChI=1S/C12H13NO6/c14-7-4-8(12(18)19)13(5-7)11(17)6-1-2-9(15)10(16)3-6/h1-3,7-8,14-16H,4-5H2,(H,18,19)/t7-,8+/m1/s1. The molecule has 1 saturated heterocycles. The number of phenolic OH excluding ortho intramolecular Hbond substituents is 2. The number of hydrogen-bond donors (Lipinski definition) is 4.